The first-order valence-corrected chi connectivity index (χ1v) is 32.8. The molecule has 1 amide bonds. The molecule has 12 N–H and O–H groups in total. The Balaban J connectivity index is 1.42. The van der Waals surface area contributed by atoms with Crippen LogP contribution in [0.2, 0.25) is 0 Å². The predicted molar refractivity (Wildman–Crippen MR) is 341 cm³/mol. The molecule has 0 bridgehead atoms. The Labute approximate surface area is 525 Å². The largest absolute Gasteiger partial charge is 0.394 e. The van der Waals surface area contributed by atoms with Gasteiger partial charge in [0.25, 0.3) is 0 Å². The van der Waals surface area contributed by atoms with Crippen molar-refractivity contribution in [3.05, 3.63) is 122 Å². The van der Waals surface area contributed by atoms with Crippen molar-refractivity contribution in [2.24, 2.45) is 0 Å². The molecule has 0 aromatic heterocycles. The molecule has 0 aliphatic carbocycles. The van der Waals surface area contributed by atoms with E-state index in [1.54, 1.807) is 6.08 Å². The number of nitrogens with one attached hydrogen (secondary N) is 1. The molecule has 0 radical (unpaired) electrons. The Morgan fingerprint density at radius 2 is 0.795 bits per heavy atom. The summed E-state index contributed by atoms with van der Waals surface area (Å²) in [4.78, 5) is 13.3. The number of rotatable bonds is 47. The number of hydrogen-bond donors (Lipinski definition) is 12. The number of ether oxygens (including phenoxy) is 6. The molecule has 0 aromatic rings. The SMILES string of the molecule is CC/C=C\C/C=C\C/C=C\C/C=C\C/C=C\C/C=C\C/C=C\C/C=C\CCCCCCCCC(=O)NC(COC1OC(CO)C(OC2OC(CO)C(OC3OC(CO)C(O)C(O)C3O)C(O)C2O)C(O)C1O)C(O)/C=C/CC/C=C/CCCCCCCC. The number of carbonyl (C=O) groups is 1. The van der Waals surface area contributed by atoms with Gasteiger partial charge in [0.2, 0.25) is 5.91 Å². The Morgan fingerprint density at radius 1 is 0.420 bits per heavy atom. The van der Waals surface area contributed by atoms with Gasteiger partial charge in [0, 0.05) is 6.42 Å². The summed E-state index contributed by atoms with van der Waals surface area (Å²) in [5.74, 6) is -0.308. The number of carbonyl (C=O) groups excluding carboxylic acids is 1. The first-order chi connectivity index (χ1) is 42.8. The molecule has 3 fully saturated rings. The van der Waals surface area contributed by atoms with Gasteiger partial charge in [-0.15, -0.1) is 0 Å². The van der Waals surface area contributed by atoms with Gasteiger partial charge in [-0.2, -0.15) is 0 Å². The third-order valence-corrected chi connectivity index (χ3v) is 15.5. The quantitative estimate of drug-likeness (QED) is 0.0206. The lowest BCUT2D eigenvalue weighted by Crippen LogP contribution is -2.66. The van der Waals surface area contributed by atoms with E-state index in [1.165, 1.54) is 32.1 Å². The zero-order valence-electron chi connectivity index (χ0n) is 52.6. The maximum atomic E-state index is 13.3. The maximum Gasteiger partial charge on any atom is 0.220 e. The van der Waals surface area contributed by atoms with Crippen LogP contribution in [-0.2, 0) is 33.2 Å². The molecule has 3 aliphatic rings. The fraction of sp³-hybridized carbons (Fsp3) is 0.696. The van der Waals surface area contributed by atoms with Gasteiger partial charge >= 0.3 is 0 Å². The van der Waals surface area contributed by atoms with Crippen molar-refractivity contribution in [1.29, 1.82) is 0 Å². The molecule has 502 valence electrons. The van der Waals surface area contributed by atoms with Crippen molar-refractivity contribution in [3.63, 3.8) is 0 Å². The molecule has 0 spiro atoms. The van der Waals surface area contributed by atoms with Crippen molar-refractivity contribution in [2.45, 2.75) is 279 Å². The molecule has 0 saturated carbocycles. The van der Waals surface area contributed by atoms with Crippen molar-refractivity contribution in [1.82, 2.24) is 5.32 Å². The summed E-state index contributed by atoms with van der Waals surface area (Å²) in [5.41, 5.74) is 0. The van der Waals surface area contributed by atoms with Crippen LogP contribution in [0.3, 0.4) is 0 Å². The lowest BCUT2D eigenvalue weighted by molar-refractivity contribution is -0.379. The number of aliphatic hydroxyl groups is 11. The van der Waals surface area contributed by atoms with Crippen molar-refractivity contribution < 1.29 is 89.4 Å². The number of amides is 1. The Kier molecular flexibility index (Phi) is 44.4. The van der Waals surface area contributed by atoms with Gasteiger partial charge in [-0.25, -0.2) is 0 Å². The second kappa shape index (κ2) is 49.8. The van der Waals surface area contributed by atoms with E-state index in [4.69, 9.17) is 28.4 Å². The van der Waals surface area contributed by atoms with Gasteiger partial charge < -0.3 is 89.9 Å². The first-order valence-electron chi connectivity index (χ1n) is 32.8. The van der Waals surface area contributed by atoms with Crippen LogP contribution in [0.5, 0.6) is 0 Å². The predicted octanol–water partition coefficient (Wildman–Crippen LogP) is 7.65. The molecule has 3 saturated heterocycles. The fourth-order valence-electron chi connectivity index (χ4n) is 10.2. The van der Waals surface area contributed by atoms with E-state index in [9.17, 15) is 61.0 Å². The van der Waals surface area contributed by atoms with Crippen molar-refractivity contribution >= 4 is 5.91 Å². The number of aliphatic hydroxyl groups excluding tert-OH is 11. The second-order valence-corrected chi connectivity index (χ2v) is 22.8. The zero-order chi connectivity index (χ0) is 64.0. The van der Waals surface area contributed by atoms with E-state index in [-0.39, 0.29) is 18.9 Å². The highest BCUT2D eigenvalue weighted by molar-refractivity contribution is 5.76. The fourth-order valence-corrected chi connectivity index (χ4v) is 10.2. The number of unbranched alkanes of at least 4 members (excludes halogenated alkanes) is 13. The summed E-state index contributed by atoms with van der Waals surface area (Å²) >= 11 is 0. The van der Waals surface area contributed by atoms with Gasteiger partial charge in [-0.05, 0) is 96.3 Å². The monoisotopic (exact) mass is 1240 g/mol. The molecule has 0 aromatic carbocycles. The summed E-state index contributed by atoms with van der Waals surface area (Å²) in [7, 11) is 0. The van der Waals surface area contributed by atoms with Crippen LogP contribution < -0.4 is 5.32 Å². The zero-order valence-corrected chi connectivity index (χ0v) is 52.6. The standard InChI is InChI=1S/C69H113NO18/c1-3-5-7-9-11-13-15-17-18-19-20-21-22-23-24-25-26-27-28-29-30-31-32-33-34-35-37-39-41-43-45-47-57(75)70-52(53(74)46-44-42-40-38-36-16-14-12-10-8-6-4-2)51-83-67-63(81)60(78)65(55(49-72)85-67)88-69-64(82)61(79)66(56(50-73)86-69)87-68-62(80)59(77)58(76)54(48-71)84-68/h5,7,11,13,17-18,20-21,23-24,26-27,29-30,32-33,36,38,44,46,52-56,58-69,71-74,76-82H,3-4,6,8-10,12,14-16,19,22,25,28,31,34-35,37,39-43,45,47-51H2,1-2H3,(H,70,75)/b7-5-,13-11-,18-17-,21-20-,24-23-,27-26-,30-29-,33-32-,38-36+,46-44+. The molecular weight excluding hydrogens is 1130 g/mol. The highest BCUT2D eigenvalue weighted by Gasteiger charge is 2.53. The van der Waals surface area contributed by atoms with Crippen LogP contribution in [0.15, 0.2) is 122 Å². The Bertz CT molecular complexity index is 2070. The molecule has 88 heavy (non-hydrogen) atoms. The van der Waals surface area contributed by atoms with Crippen LogP contribution in [0, 0.1) is 0 Å². The van der Waals surface area contributed by atoms with Gasteiger partial charge in [0.15, 0.2) is 18.9 Å². The number of hydrogen-bond acceptors (Lipinski definition) is 18. The van der Waals surface area contributed by atoms with E-state index in [0.717, 1.165) is 109 Å². The van der Waals surface area contributed by atoms with Crippen molar-refractivity contribution in [3.8, 4) is 0 Å². The van der Waals surface area contributed by atoms with E-state index >= 15 is 0 Å². The van der Waals surface area contributed by atoms with Crippen LogP contribution in [0.25, 0.3) is 0 Å². The molecule has 17 atom stereocenters. The molecule has 3 heterocycles. The van der Waals surface area contributed by atoms with E-state index in [2.05, 4.69) is 129 Å². The lowest BCUT2D eigenvalue weighted by atomic mass is 9.96. The van der Waals surface area contributed by atoms with Gasteiger partial charge in [0.05, 0.1) is 38.6 Å². The minimum atomic E-state index is -1.99. The molecule has 19 heteroatoms. The summed E-state index contributed by atoms with van der Waals surface area (Å²) in [5, 5.41) is 120. The average Bonchev–Trinajstić information content (AvgIpc) is 1.54. The normalized spacial score (nSPS) is 29.2. The first kappa shape index (κ1) is 78.4. The third-order valence-electron chi connectivity index (χ3n) is 15.5. The van der Waals surface area contributed by atoms with E-state index in [0.29, 0.717) is 12.8 Å². The van der Waals surface area contributed by atoms with Crippen molar-refractivity contribution in [2.75, 3.05) is 26.4 Å². The Hall–Kier alpha value is -3.81. The van der Waals surface area contributed by atoms with Crippen LogP contribution in [-0.4, -0.2) is 193 Å². The highest BCUT2D eigenvalue weighted by Crippen LogP contribution is 2.33. The van der Waals surface area contributed by atoms with Gasteiger partial charge in [-0.3, -0.25) is 4.79 Å². The molecule has 19 nitrogen and oxygen atoms in total. The summed E-state index contributed by atoms with van der Waals surface area (Å²) in [6.45, 7) is 1.53. The van der Waals surface area contributed by atoms with E-state index < -0.39 is 124 Å². The second-order valence-electron chi connectivity index (χ2n) is 22.8. The smallest absolute Gasteiger partial charge is 0.220 e. The third kappa shape index (κ3) is 32.0. The minimum absolute atomic E-state index is 0.209. The van der Waals surface area contributed by atoms with Gasteiger partial charge in [0.1, 0.15) is 73.2 Å². The van der Waals surface area contributed by atoms with Crippen LogP contribution in [0.1, 0.15) is 174 Å². The topological polar surface area (TPSA) is 307 Å². The highest BCUT2D eigenvalue weighted by atomic mass is 16.8. The van der Waals surface area contributed by atoms with Crippen LogP contribution >= 0.6 is 0 Å². The van der Waals surface area contributed by atoms with E-state index in [1.807, 2.05) is 6.08 Å². The lowest BCUT2D eigenvalue weighted by Gasteiger charge is -2.48. The molecular formula is C69H113NO18. The molecule has 3 rings (SSSR count). The molecule has 17 unspecified atom stereocenters. The molecule has 3 aliphatic heterocycles. The summed E-state index contributed by atoms with van der Waals surface area (Å²) in [6.07, 6.45) is 40.4. The minimum Gasteiger partial charge on any atom is -0.394 e. The van der Waals surface area contributed by atoms with Gasteiger partial charge in [-0.1, -0.05) is 193 Å². The summed E-state index contributed by atoms with van der Waals surface area (Å²) in [6, 6.07) is -1.01. The average molecular weight is 1240 g/mol. The number of allylic oxidation sites excluding steroid dienone is 19. The summed E-state index contributed by atoms with van der Waals surface area (Å²) < 4.78 is 34.2. The van der Waals surface area contributed by atoms with Crippen LogP contribution in [0.4, 0.5) is 0 Å². The Morgan fingerprint density at radius 3 is 1.27 bits per heavy atom. The maximum absolute atomic E-state index is 13.3.